The van der Waals surface area contributed by atoms with Crippen molar-refractivity contribution >= 4 is 27.6 Å². The molecule has 0 aliphatic carbocycles. The molecule has 2 aromatic rings. The Morgan fingerprint density at radius 2 is 1.73 bits per heavy atom. The summed E-state index contributed by atoms with van der Waals surface area (Å²) in [6.07, 6.45) is 3.59. The Morgan fingerprint density at radius 1 is 1.04 bits per heavy atom. The summed E-state index contributed by atoms with van der Waals surface area (Å²) in [5.41, 5.74) is 1.54. The minimum Gasteiger partial charge on any atom is -0.338 e. The van der Waals surface area contributed by atoms with Gasteiger partial charge in [0.2, 0.25) is 21.9 Å². The zero-order valence-electron chi connectivity index (χ0n) is 14.4. The molecule has 0 unspecified atom stereocenters. The zero-order valence-corrected chi connectivity index (χ0v) is 15.2. The normalized spacial score (nSPS) is 18.3. The first kappa shape index (κ1) is 16.9. The highest BCUT2D eigenvalue weighted by Gasteiger charge is 2.31. The number of carbonyl (C=O) groups excluding carboxylic acids is 1. The number of anilines is 2. The van der Waals surface area contributed by atoms with Crippen LogP contribution in [0.25, 0.3) is 0 Å². The Labute approximate surface area is 152 Å². The van der Waals surface area contributed by atoms with E-state index in [1.165, 1.54) is 4.31 Å². The van der Waals surface area contributed by atoms with E-state index < -0.39 is 10.0 Å². The maximum atomic E-state index is 13.0. The second kappa shape index (κ2) is 6.33. The minimum atomic E-state index is -3.59. The zero-order chi connectivity index (χ0) is 18.3. The molecule has 136 valence electrons. The molecular weight excluding hydrogens is 354 g/mol. The Balaban J connectivity index is 1.52. The van der Waals surface area contributed by atoms with E-state index in [0.29, 0.717) is 32.1 Å². The number of aromatic nitrogens is 2. The van der Waals surface area contributed by atoms with E-state index in [1.807, 2.05) is 4.90 Å². The number of sulfonamides is 1. The van der Waals surface area contributed by atoms with Crippen LogP contribution >= 0.6 is 0 Å². The standard InChI is InChI=1S/C17H19N5O3S/c1-20-15-4-3-14(11-13(15)12-16(20)23)26(24,25)22-9-7-21(8-10-22)17-18-5-2-6-19-17/h2-6,11H,7-10,12H2,1H3. The first-order valence-corrected chi connectivity index (χ1v) is 9.82. The smallest absolute Gasteiger partial charge is 0.243 e. The average Bonchev–Trinajstić information content (AvgIpc) is 2.96. The van der Waals surface area contributed by atoms with Gasteiger partial charge in [0.25, 0.3) is 0 Å². The Kier molecular flexibility index (Phi) is 4.12. The summed E-state index contributed by atoms with van der Waals surface area (Å²) in [4.78, 5) is 24.0. The maximum absolute atomic E-state index is 13.0. The van der Waals surface area contributed by atoms with Crippen LogP contribution in [-0.2, 0) is 21.2 Å². The van der Waals surface area contributed by atoms with E-state index in [4.69, 9.17) is 0 Å². The van der Waals surface area contributed by atoms with Gasteiger partial charge in [-0.3, -0.25) is 4.79 Å². The molecule has 26 heavy (non-hydrogen) atoms. The highest BCUT2D eigenvalue weighted by molar-refractivity contribution is 7.89. The van der Waals surface area contributed by atoms with Crippen LogP contribution in [0.3, 0.4) is 0 Å². The number of likely N-dealkylation sites (N-methyl/N-ethyl adjacent to an activating group) is 1. The molecule has 0 radical (unpaired) electrons. The lowest BCUT2D eigenvalue weighted by Crippen LogP contribution is -2.49. The molecule has 0 saturated carbocycles. The first-order valence-electron chi connectivity index (χ1n) is 8.38. The van der Waals surface area contributed by atoms with E-state index in [1.54, 1.807) is 48.6 Å². The van der Waals surface area contributed by atoms with Crippen LogP contribution in [0.5, 0.6) is 0 Å². The van der Waals surface area contributed by atoms with Gasteiger partial charge in [0.15, 0.2) is 0 Å². The van der Waals surface area contributed by atoms with E-state index in [-0.39, 0.29) is 17.2 Å². The van der Waals surface area contributed by atoms with Crippen LogP contribution in [0.15, 0.2) is 41.6 Å². The number of hydrogen-bond donors (Lipinski definition) is 0. The van der Waals surface area contributed by atoms with Crippen molar-refractivity contribution in [2.45, 2.75) is 11.3 Å². The van der Waals surface area contributed by atoms with E-state index in [9.17, 15) is 13.2 Å². The number of hydrogen-bond acceptors (Lipinski definition) is 6. The fraction of sp³-hybridized carbons (Fsp3) is 0.353. The fourth-order valence-electron chi connectivity index (χ4n) is 3.34. The monoisotopic (exact) mass is 373 g/mol. The Morgan fingerprint density at radius 3 is 2.42 bits per heavy atom. The Bertz CT molecular complexity index is 940. The number of nitrogens with zero attached hydrogens (tertiary/aromatic N) is 5. The van der Waals surface area contributed by atoms with Crippen LogP contribution in [0.4, 0.5) is 11.6 Å². The number of rotatable bonds is 3. The molecule has 8 nitrogen and oxygen atoms in total. The van der Waals surface area contributed by atoms with E-state index >= 15 is 0 Å². The van der Waals surface area contributed by atoms with Gasteiger partial charge in [-0.15, -0.1) is 0 Å². The molecule has 1 aromatic carbocycles. The Hall–Kier alpha value is -2.52. The van der Waals surface area contributed by atoms with Crippen LogP contribution < -0.4 is 9.80 Å². The van der Waals surface area contributed by atoms with Gasteiger partial charge >= 0.3 is 0 Å². The summed E-state index contributed by atoms with van der Waals surface area (Å²) in [6.45, 7) is 1.82. The third kappa shape index (κ3) is 2.82. The average molecular weight is 373 g/mol. The van der Waals surface area contributed by atoms with E-state index in [0.717, 1.165) is 11.3 Å². The van der Waals surface area contributed by atoms with Crippen molar-refractivity contribution in [3.8, 4) is 0 Å². The quantitative estimate of drug-likeness (QED) is 0.779. The predicted molar refractivity (Wildman–Crippen MR) is 96.6 cm³/mol. The fourth-order valence-corrected chi connectivity index (χ4v) is 4.81. The largest absolute Gasteiger partial charge is 0.338 e. The summed E-state index contributed by atoms with van der Waals surface area (Å²) in [6, 6.07) is 6.66. The van der Waals surface area contributed by atoms with Crippen molar-refractivity contribution < 1.29 is 13.2 Å². The van der Waals surface area contributed by atoms with Gasteiger partial charge in [0, 0.05) is 51.3 Å². The third-order valence-electron chi connectivity index (χ3n) is 4.84. The lowest BCUT2D eigenvalue weighted by atomic mass is 10.2. The molecule has 2 aliphatic heterocycles. The van der Waals surface area contributed by atoms with Gasteiger partial charge in [0.1, 0.15) is 0 Å². The number of benzene rings is 1. The number of carbonyl (C=O) groups is 1. The molecule has 1 saturated heterocycles. The van der Waals surface area contributed by atoms with Crippen molar-refractivity contribution in [2.24, 2.45) is 0 Å². The molecule has 0 atom stereocenters. The second-order valence-electron chi connectivity index (χ2n) is 6.36. The summed E-state index contributed by atoms with van der Waals surface area (Å²) in [5.74, 6) is 0.592. The van der Waals surface area contributed by atoms with E-state index in [2.05, 4.69) is 9.97 Å². The van der Waals surface area contributed by atoms with Crippen LogP contribution in [0.1, 0.15) is 5.56 Å². The summed E-state index contributed by atoms with van der Waals surface area (Å²) in [5, 5.41) is 0. The summed E-state index contributed by atoms with van der Waals surface area (Å²) in [7, 11) is -1.89. The molecule has 9 heteroatoms. The van der Waals surface area contributed by atoms with Crippen LogP contribution in [0, 0.1) is 0 Å². The second-order valence-corrected chi connectivity index (χ2v) is 8.30. The predicted octanol–water partition coefficient (Wildman–Crippen LogP) is 0.506. The van der Waals surface area contributed by atoms with Gasteiger partial charge in [-0.2, -0.15) is 4.31 Å². The van der Waals surface area contributed by atoms with Gasteiger partial charge in [0.05, 0.1) is 11.3 Å². The molecule has 0 bridgehead atoms. The molecule has 4 rings (SSSR count). The number of fused-ring (bicyclic) bond motifs is 1. The number of amides is 1. The van der Waals surface area contributed by atoms with Crippen LogP contribution in [-0.4, -0.2) is 61.8 Å². The molecule has 1 fully saturated rings. The summed E-state index contributed by atoms with van der Waals surface area (Å²) >= 11 is 0. The topological polar surface area (TPSA) is 86.7 Å². The molecular formula is C17H19N5O3S. The third-order valence-corrected chi connectivity index (χ3v) is 6.73. The van der Waals surface area contributed by atoms with Crippen molar-refractivity contribution in [3.63, 3.8) is 0 Å². The van der Waals surface area contributed by atoms with Gasteiger partial charge in [-0.25, -0.2) is 18.4 Å². The molecule has 0 N–H and O–H groups in total. The van der Waals surface area contributed by atoms with Crippen molar-refractivity contribution in [1.29, 1.82) is 0 Å². The lowest BCUT2D eigenvalue weighted by Gasteiger charge is -2.33. The molecule has 2 aliphatic rings. The minimum absolute atomic E-state index is 0.0222. The van der Waals surface area contributed by atoms with Gasteiger partial charge in [-0.1, -0.05) is 0 Å². The van der Waals surface area contributed by atoms with Gasteiger partial charge in [-0.05, 0) is 29.8 Å². The van der Waals surface area contributed by atoms with Crippen LogP contribution in [0.2, 0.25) is 0 Å². The maximum Gasteiger partial charge on any atom is 0.243 e. The first-order chi connectivity index (χ1) is 12.5. The molecule has 1 amide bonds. The summed E-state index contributed by atoms with van der Waals surface area (Å²) < 4.78 is 27.4. The van der Waals surface area contributed by atoms with Gasteiger partial charge < -0.3 is 9.80 Å². The van der Waals surface area contributed by atoms with Crippen molar-refractivity contribution in [2.75, 3.05) is 43.0 Å². The molecule has 1 aromatic heterocycles. The highest BCUT2D eigenvalue weighted by Crippen LogP contribution is 2.31. The molecule has 0 spiro atoms. The lowest BCUT2D eigenvalue weighted by molar-refractivity contribution is -0.117. The van der Waals surface area contributed by atoms with Crippen molar-refractivity contribution in [3.05, 3.63) is 42.2 Å². The molecule has 3 heterocycles. The van der Waals surface area contributed by atoms with Crippen molar-refractivity contribution in [1.82, 2.24) is 14.3 Å². The number of piperazine rings is 1. The SMILES string of the molecule is CN1C(=O)Cc2cc(S(=O)(=O)N3CCN(c4ncccn4)CC3)ccc21. The highest BCUT2D eigenvalue weighted by atomic mass is 32.2.